The summed E-state index contributed by atoms with van der Waals surface area (Å²) in [4.78, 5) is 14.5. The van der Waals surface area contributed by atoms with Gasteiger partial charge in [0.15, 0.2) is 5.84 Å². The number of benzene rings is 2. The van der Waals surface area contributed by atoms with E-state index in [-0.39, 0.29) is 30.0 Å². The predicted molar refractivity (Wildman–Crippen MR) is 112 cm³/mol. The van der Waals surface area contributed by atoms with Crippen molar-refractivity contribution in [2.45, 2.75) is 17.7 Å². The largest absolute Gasteiger partial charge is 0.490 e. The lowest BCUT2D eigenvalue weighted by Crippen LogP contribution is -2.40. The summed E-state index contributed by atoms with van der Waals surface area (Å²) in [7, 11) is -3.65. The molecule has 31 heavy (non-hydrogen) atoms. The zero-order chi connectivity index (χ0) is 21.8. The first kappa shape index (κ1) is 20.9. The zero-order valence-corrected chi connectivity index (χ0v) is 17.5. The van der Waals surface area contributed by atoms with Gasteiger partial charge in [-0.05, 0) is 49.2 Å². The third kappa shape index (κ3) is 4.54. The van der Waals surface area contributed by atoms with Crippen LogP contribution in [0.4, 0.5) is 0 Å². The number of nitrogens with zero attached hydrogens (tertiary/aromatic N) is 3. The number of piperidine rings is 1. The van der Waals surface area contributed by atoms with Crippen molar-refractivity contribution >= 4 is 21.8 Å². The molecular formula is C22H21N3O5S. The summed E-state index contributed by atoms with van der Waals surface area (Å²) in [6, 6.07) is 15.5. The molecule has 0 N–H and O–H groups in total. The molecule has 9 heteroatoms. The molecule has 0 aromatic heterocycles. The molecule has 0 bridgehead atoms. The highest BCUT2D eigenvalue weighted by molar-refractivity contribution is 7.90. The van der Waals surface area contributed by atoms with Gasteiger partial charge in [-0.3, -0.25) is 4.79 Å². The molecule has 1 saturated heterocycles. The first-order chi connectivity index (χ1) is 15.0. The average Bonchev–Trinajstić information content (AvgIpc) is 3.08. The van der Waals surface area contributed by atoms with Gasteiger partial charge in [0.05, 0.1) is 17.6 Å². The highest BCUT2D eigenvalue weighted by Gasteiger charge is 2.34. The van der Waals surface area contributed by atoms with Crippen molar-refractivity contribution in [3.63, 3.8) is 0 Å². The molecule has 0 atom stereocenters. The normalized spacial score (nSPS) is 17.4. The summed E-state index contributed by atoms with van der Waals surface area (Å²) < 4.78 is 39.3. The zero-order valence-electron chi connectivity index (χ0n) is 16.7. The third-order valence-corrected chi connectivity index (χ3v) is 6.65. The number of likely N-dealkylation sites (tertiary alicyclic amines) is 1. The number of carbonyl (C=O) groups is 1. The van der Waals surface area contributed by atoms with E-state index in [1.807, 2.05) is 11.0 Å². The Bertz CT molecular complexity index is 1140. The van der Waals surface area contributed by atoms with Crippen molar-refractivity contribution < 1.29 is 22.7 Å². The minimum Gasteiger partial charge on any atom is -0.490 e. The molecule has 2 aliphatic heterocycles. The number of hydrogen-bond donors (Lipinski definition) is 0. The van der Waals surface area contributed by atoms with Crippen molar-refractivity contribution in [1.29, 1.82) is 5.26 Å². The standard InChI is InChI=1S/C22H21N3O5S/c23-15-16-5-7-18(8-6-16)29-13-14-30-22(26)17-9-11-25(12-10-17)21-19-3-1-2-4-20(19)31(27,28)24-21/h1-8,17H,9-14H2. The maximum Gasteiger partial charge on any atom is 0.309 e. The lowest BCUT2D eigenvalue weighted by Gasteiger charge is -2.32. The van der Waals surface area contributed by atoms with Crippen molar-refractivity contribution in [3.05, 3.63) is 59.7 Å². The van der Waals surface area contributed by atoms with Crippen LogP contribution in [-0.2, 0) is 19.6 Å². The number of amidine groups is 1. The summed E-state index contributed by atoms with van der Waals surface area (Å²) in [5.41, 5.74) is 1.17. The molecule has 0 spiro atoms. The molecule has 0 radical (unpaired) electrons. The predicted octanol–water partition coefficient (Wildman–Crippen LogP) is 2.34. The van der Waals surface area contributed by atoms with E-state index >= 15 is 0 Å². The SMILES string of the molecule is N#Cc1ccc(OCCOC(=O)C2CCN(C3=NS(=O)(=O)c4ccccc43)CC2)cc1. The van der Waals surface area contributed by atoms with E-state index in [2.05, 4.69) is 4.40 Å². The summed E-state index contributed by atoms with van der Waals surface area (Å²) in [5.74, 6) is 0.554. The lowest BCUT2D eigenvalue weighted by atomic mass is 9.96. The number of nitriles is 1. The van der Waals surface area contributed by atoms with Gasteiger partial charge in [-0.1, -0.05) is 12.1 Å². The van der Waals surface area contributed by atoms with E-state index in [1.165, 1.54) is 0 Å². The number of hydrogen-bond acceptors (Lipinski definition) is 7. The summed E-state index contributed by atoms with van der Waals surface area (Å²) in [6.07, 6.45) is 1.13. The molecule has 2 aromatic rings. The van der Waals surface area contributed by atoms with Crippen LogP contribution in [0.15, 0.2) is 57.8 Å². The van der Waals surface area contributed by atoms with E-state index in [4.69, 9.17) is 14.7 Å². The molecule has 0 aliphatic carbocycles. The van der Waals surface area contributed by atoms with E-state index in [0.29, 0.717) is 48.6 Å². The molecule has 0 unspecified atom stereocenters. The molecule has 2 aromatic carbocycles. The van der Waals surface area contributed by atoms with E-state index in [0.717, 1.165) is 0 Å². The lowest BCUT2D eigenvalue weighted by molar-refractivity contribution is -0.150. The highest BCUT2D eigenvalue weighted by atomic mass is 32.2. The Kier molecular flexibility index (Phi) is 5.91. The van der Waals surface area contributed by atoms with Gasteiger partial charge in [-0.15, -0.1) is 4.40 Å². The van der Waals surface area contributed by atoms with Gasteiger partial charge in [-0.2, -0.15) is 13.7 Å². The Balaban J connectivity index is 1.24. The van der Waals surface area contributed by atoms with Crippen LogP contribution in [0.25, 0.3) is 0 Å². The van der Waals surface area contributed by atoms with E-state index < -0.39 is 10.0 Å². The third-order valence-electron chi connectivity index (χ3n) is 5.32. The maximum atomic E-state index is 12.4. The van der Waals surface area contributed by atoms with Crippen molar-refractivity contribution in [2.24, 2.45) is 10.3 Å². The molecule has 0 amide bonds. The number of fused-ring (bicyclic) bond motifs is 1. The van der Waals surface area contributed by atoms with Crippen LogP contribution in [0.2, 0.25) is 0 Å². The number of carbonyl (C=O) groups excluding carboxylic acids is 1. The maximum absolute atomic E-state index is 12.4. The van der Waals surface area contributed by atoms with Crippen LogP contribution >= 0.6 is 0 Å². The minimum absolute atomic E-state index is 0.136. The molecule has 8 nitrogen and oxygen atoms in total. The molecule has 2 heterocycles. The molecule has 160 valence electrons. The first-order valence-electron chi connectivity index (χ1n) is 9.97. The fraction of sp³-hybridized carbons (Fsp3) is 0.318. The van der Waals surface area contributed by atoms with E-state index in [1.54, 1.807) is 48.5 Å². The van der Waals surface area contributed by atoms with Gasteiger partial charge in [0.25, 0.3) is 10.0 Å². The smallest absolute Gasteiger partial charge is 0.309 e. The monoisotopic (exact) mass is 439 g/mol. The Hall–Kier alpha value is -3.38. The molecular weight excluding hydrogens is 418 g/mol. The van der Waals surface area contributed by atoms with Gasteiger partial charge in [0.2, 0.25) is 0 Å². The van der Waals surface area contributed by atoms with Crippen LogP contribution in [0.1, 0.15) is 24.0 Å². The number of ether oxygens (including phenoxy) is 2. The summed E-state index contributed by atoms with van der Waals surface area (Å²) in [5, 5.41) is 8.79. The fourth-order valence-corrected chi connectivity index (χ4v) is 4.92. The van der Waals surface area contributed by atoms with Crippen LogP contribution in [0, 0.1) is 17.2 Å². The van der Waals surface area contributed by atoms with Crippen molar-refractivity contribution in [1.82, 2.24) is 4.90 Å². The van der Waals surface area contributed by atoms with E-state index in [9.17, 15) is 13.2 Å². The van der Waals surface area contributed by atoms with Gasteiger partial charge in [-0.25, -0.2) is 0 Å². The van der Waals surface area contributed by atoms with Gasteiger partial charge < -0.3 is 14.4 Å². The second-order valence-corrected chi connectivity index (χ2v) is 8.87. The van der Waals surface area contributed by atoms with Crippen LogP contribution in [0.5, 0.6) is 5.75 Å². The summed E-state index contributed by atoms with van der Waals surface area (Å²) >= 11 is 0. The first-order valence-corrected chi connectivity index (χ1v) is 11.4. The minimum atomic E-state index is -3.65. The Morgan fingerprint density at radius 2 is 1.81 bits per heavy atom. The Labute approximate surface area is 180 Å². The van der Waals surface area contributed by atoms with Crippen molar-refractivity contribution in [3.8, 4) is 11.8 Å². The highest BCUT2D eigenvalue weighted by Crippen LogP contribution is 2.29. The number of esters is 1. The second kappa shape index (κ2) is 8.78. The quantitative estimate of drug-likeness (QED) is 0.520. The van der Waals surface area contributed by atoms with Gasteiger partial charge in [0, 0.05) is 18.7 Å². The van der Waals surface area contributed by atoms with Crippen LogP contribution in [-0.4, -0.2) is 51.4 Å². The van der Waals surface area contributed by atoms with Crippen LogP contribution < -0.4 is 4.74 Å². The van der Waals surface area contributed by atoms with Crippen molar-refractivity contribution in [2.75, 3.05) is 26.3 Å². The fourth-order valence-electron chi connectivity index (χ4n) is 3.69. The molecule has 4 rings (SSSR count). The molecule has 0 saturated carbocycles. The topological polar surface area (TPSA) is 109 Å². The Morgan fingerprint density at radius 1 is 1.10 bits per heavy atom. The number of rotatable bonds is 5. The molecule has 2 aliphatic rings. The molecule has 1 fully saturated rings. The Morgan fingerprint density at radius 3 is 2.52 bits per heavy atom. The second-order valence-electron chi connectivity index (χ2n) is 7.30. The van der Waals surface area contributed by atoms with Gasteiger partial charge in [0.1, 0.15) is 23.9 Å². The average molecular weight is 439 g/mol. The summed E-state index contributed by atoms with van der Waals surface area (Å²) in [6.45, 7) is 1.42. The van der Waals surface area contributed by atoms with Crippen LogP contribution in [0.3, 0.4) is 0 Å². The van der Waals surface area contributed by atoms with Gasteiger partial charge >= 0.3 is 5.97 Å². The number of sulfonamides is 1.